The van der Waals surface area contributed by atoms with Crippen molar-refractivity contribution in [3.8, 4) is 0 Å². The number of allylic oxidation sites excluding steroid dienone is 9. The minimum absolute atomic E-state index is 0.0462. The molecule has 0 fully saturated rings. The Morgan fingerprint density at radius 1 is 1.24 bits per heavy atom. The second-order valence-corrected chi connectivity index (χ2v) is 7.44. The van der Waals surface area contributed by atoms with Crippen molar-refractivity contribution in [2.45, 2.75) is 53.9 Å². The van der Waals surface area contributed by atoms with Gasteiger partial charge in [0.2, 0.25) is 5.91 Å². The third kappa shape index (κ3) is 7.70. The molecule has 2 N–H and O–H groups in total. The third-order valence-electron chi connectivity index (χ3n) is 4.54. The summed E-state index contributed by atoms with van der Waals surface area (Å²) in [6.45, 7) is 11.1. The topological polar surface area (TPSA) is 49.3 Å². The van der Waals surface area contributed by atoms with Crippen LogP contribution in [0.2, 0.25) is 0 Å². The summed E-state index contributed by atoms with van der Waals surface area (Å²) in [6.07, 6.45) is 15.6. The Bertz CT molecular complexity index is 616. The molecule has 0 saturated heterocycles. The van der Waals surface area contributed by atoms with Crippen LogP contribution in [0.15, 0.2) is 58.7 Å². The van der Waals surface area contributed by atoms with Crippen LogP contribution in [0.3, 0.4) is 0 Å². The first-order valence-corrected chi connectivity index (χ1v) is 9.06. The molecule has 1 rings (SSSR count). The molecule has 0 heterocycles. The summed E-state index contributed by atoms with van der Waals surface area (Å²) in [6, 6.07) is 0. The van der Waals surface area contributed by atoms with Crippen LogP contribution in [-0.2, 0) is 4.79 Å². The normalized spacial score (nSPS) is 19.1. The van der Waals surface area contributed by atoms with Gasteiger partial charge in [0.05, 0.1) is 6.61 Å². The van der Waals surface area contributed by atoms with Gasteiger partial charge in [-0.25, -0.2) is 0 Å². The van der Waals surface area contributed by atoms with Crippen LogP contribution in [0.5, 0.6) is 0 Å². The molecule has 3 nitrogen and oxygen atoms in total. The van der Waals surface area contributed by atoms with Crippen molar-refractivity contribution >= 4 is 5.91 Å². The van der Waals surface area contributed by atoms with Gasteiger partial charge in [0, 0.05) is 12.6 Å². The van der Waals surface area contributed by atoms with Gasteiger partial charge in [-0.2, -0.15) is 0 Å². The molecule has 0 atom stereocenters. The van der Waals surface area contributed by atoms with Gasteiger partial charge in [0.25, 0.3) is 0 Å². The number of aliphatic hydroxyl groups is 1. The number of carbonyl (C=O) groups excluding carboxylic acids is 1. The fourth-order valence-corrected chi connectivity index (χ4v) is 3.12. The second-order valence-electron chi connectivity index (χ2n) is 7.44. The van der Waals surface area contributed by atoms with Gasteiger partial charge in [-0.05, 0) is 56.6 Å². The van der Waals surface area contributed by atoms with E-state index in [1.54, 1.807) is 0 Å². The van der Waals surface area contributed by atoms with Crippen LogP contribution < -0.4 is 5.32 Å². The standard InChI is InChI=1S/C22H33NO2/c1-17(8-6-9-18(2)16-21(25)23-14-15-24)11-12-20-19(3)10-7-13-22(20,4)5/h6,8-9,11-12,16,24H,7,10,13-15H2,1-5H3,(H,23,25)/b9-6?,12-11?,17-8?,18-16-. The molecule has 0 unspecified atom stereocenters. The van der Waals surface area contributed by atoms with E-state index in [-0.39, 0.29) is 24.5 Å². The number of amides is 1. The van der Waals surface area contributed by atoms with Crippen LogP contribution in [0.1, 0.15) is 53.9 Å². The maximum absolute atomic E-state index is 11.5. The van der Waals surface area contributed by atoms with Crippen molar-refractivity contribution in [1.82, 2.24) is 5.32 Å². The van der Waals surface area contributed by atoms with Gasteiger partial charge in [0.1, 0.15) is 0 Å². The van der Waals surface area contributed by atoms with Crippen molar-refractivity contribution in [2.24, 2.45) is 5.41 Å². The molecule has 0 spiro atoms. The SMILES string of the molecule is CC(C=CC1=C(C)CCCC1(C)C)=CC=C/C(C)=C\C(=O)NCCO. The molecule has 0 aliphatic heterocycles. The molecule has 3 heteroatoms. The lowest BCUT2D eigenvalue weighted by molar-refractivity contribution is -0.116. The molecule has 0 aromatic rings. The van der Waals surface area contributed by atoms with E-state index in [1.807, 2.05) is 25.2 Å². The van der Waals surface area contributed by atoms with Gasteiger partial charge in [-0.3, -0.25) is 4.79 Å². The molecular formula is C22H33NO2. The first-order valence-electron chi connectivity index (χ1n) is 9.06. The molecule has 0 radical (unpaired) electrons. The number of nitrogens with one attached hydrogen (secondary N) is 1. The predicted octanol–water partition coefficient (Wildman–Crippen LogP) is 4.63. The Morgan fingerprint density at radius 2 is 1.96 bits per heavy atom. The molecule has 25 heavy (non-hydrogen) atoms. The molecule has 0 bridgehead atoms. The van der Waals surface area contributed by atoms with Gasteiger partial charge in [-0.1, -0.05) is 55.4 Å². The summed E-state index contributed by atoms with van der Waals surface area (Å²) in [5.74, 6) is -0.182. The lowest BCUT2D eigenvalue weighted by atomic mass is 9.72. The predicted molar refractivity (Wildman–Crippen MR) is 106 cm³/mol. The summed E-state index contributed by atoms with van der Waals surface area (Å²) in [5, 5.41) is 11.3. The average molecular weight is 344 g/mol. The van der Waals surface area contributed by atoms with Gasteiger partial charge in [-0.15, -0.1) is 0 Å². The van der Waals surface area contributed by atoms with E-state index in [4.69, 9.17) is 5.11 Å². The van der Waals surface area contributed by atoms with Gasteiger partial charge < -0.3 is 10.4 Å². The van der Waals surface area contributed by atoms with E-state index in [0.717, 1.165) is 5.57 Å². The summed E-state index contributed by atoms with van der Waals surface area (Å²) in [4.78, 5) is 11.5. The monoisotopic (exact) mass is 343 g/mol. The van der Waals surface area contributed by atoms with Crippen molar-refractivity contribution in [1.29, 1.82) is 0 Å². The van der Waals surface area contributed by atoms with Crippen molar-refractivity contribution in [3.05, 3.63) is 58.7 Å². The van der Waals surface area contributed by atoms with Crippen LogP contribution in [0.25, 0.3) is 0 Å². The molecule has 0 aromatic heterocycles. The summed E-state index contributed by atoms with van der Waals surface area (Å²) < 4.78 is 0. The number of carbonyl (C=O) groups is 1. The zero-order valence-corrected chi connectivity index (χ0v) is 16.4. The van der Waals surface area contributed by atoms with Crippen LogP contribution in [0, 0.1) is 5.41 Å². The molecule has 0 aromatic carbocycles. The third-order valence-corrected chi connectivity index (χ3v) is 4.54. The molecular weight excluding hydrogens is 310 g/mol. The zero-order chi connectivity index (χ0) is 18.9. The quantitative estimate of drug-likeness (QED) is 0.523. The van der Waals surface area contributed by atoms with Gasteiger partial charge >= 0.3 is 0 Å². The molecule has 1 aliphatic rings. The summed E-state index contributed by atoms with van der Waals surface area (Å²) >= 11 is 0. The summed E-state index contributed by atoms with van der Waals surface area (Å²) in [5.41, 5.74) is 5.28. The fourth-order valence-electron chi connectivity index (χ4n) is 3.12. The lowest BCUT2D eigenvalue weighted by Crippen LogP contribution is -2.24. The Kier molecular flexibility index (Phi) is 8.64. The first kappa shape index (κ1) is 21.2. The molecule has 1 aliphatic carbocycles. The average Bonchev–Trinajstić information content (AvgIpc) is 2.51. The number of aliphatic hydroxyl groups excluding tert-OH is 1. The van der Waals surface area contributed by atoms with Crippen LogP contribution in [0.4, 0.5) is 0 Å². The number of hydrogen-bond donors (Lipinski definition) is 2. The lowest BCUT2D eigenvalue weighted by Gasteiger charge is -2.32. The van der Waals surface area contributed by atoms with E-state index in [9.17, 15) is 4.79 Å². The fraction of sp³-hybridized carbons (Fsp3) is 0.500. The van der Waals surface area contributed by atoms with E-state index in [2.05, 4.69) is 45.2 Å². The second kappa shape index (κ2) is 10.2. The van der Waals surface area contributed by atoms with Crippen LogP contribution >= 0.6 is 0 Å². The minimum Gasteiger partial charge on any atom is -0.395 e. The van der Waals surface area contributed by atoms with E-state index in [0.29, 0.717) is 0 Å². The van der Waals surface area contributed by atoms with Gasteiger partial charge in [0.15, 0.2) is 0 Å². The highest BCUT2D eigenvalue weighted by Crippen LogP contribution is 2.40. The molecule has 1 amide bonds. The smallest absolute Gasteiger partial charge is 0.244 e. The van der Waals surface area contributed by atoms with Crippen molar-refractivity contribution in [3.63, 3.8) is 0 Å². The van der Waals surface area contributed by atoms with E-state index in [1.165, 1.54) is 42.1 Å². The van der Waals surface area contributed by atoms with Crippen LogP contribution in [-0.4, -0.2) is 24.2 Å². The Morgan fingerprint density at radius 3 is 2.60 bits per heavy atom. The Balaban J connectivity index is 2.69. The number of rotatable bonds is 7. The molecule has 0 saturated carbocycles. The molecule has 138 valence electrons. The van der Waals surface area contributed by atoms with Crippen molar-refractivity contribution < 1.29 is 9.90 Å². The largest absolute Gasteiger partial charge is 0.395 e. The maximum atomic E-state index is 11.5. The Hall–Kier alpha value is -1.87. The maximum Gasteiger partial charge on any atom is 0.244 e. The zero-order valence-electron chi connectivity index (χ0n) is 16.4. The van der Waals surface area contributed by atoms with E-state index < -0.39 is 0 Å². The highest BCUT2D eigenvalue weighted by atomic mass is 16.3. The van der Waals surface area contributed by atoms with E-state index >= 15 is 0 Å². The Labute approximate surface area is 152 Å². The first-order chi connectivity index (χ1) is 11.8. The summed E-state index contributed by atoms with van der Waals surface area (Å²) in [7, 11) is 0. The highest BCUT2D eigenvalue weighted by molar-refractivity contribution is 5.88. The highest BCUT2D eigenvalue weighted by Gasteiger charge is 2.26. The van der Waals surface area contributed by atoms with Crippen molar-refractivity contribution in [2.75, 3.05) is 13.2 Å². The number of hydrogen-bond acceptors (Lipinski definition) is 2. The minimum atomic E-state index is -0.182.